The van der Waals surface area contributed by atoms with E-state index in [2.05, 4.69) is 5.32 Å². The summed E-state index contributed by atoms with van der Waals surface area (Å²) in [4.78, 5) is 13.1. The second-order valence-electron chi connectivity index (χ2n) is 5.97. The number of carbonyl (C=O) groups is 1. The van der Waals surface area contributed by atoms with Crippen molar-refractivity contribution in [1.29, 1.82) is 0 Å². The van der Waals surface area contributed by atoms with E-state index in [1.807, 2.05) is 55.5 Å². The Morgan fingerprint density at radius 3 is 2.70 bits per heavy atom. The van der Waals surface area contributed by atoms with Gasteiger partial charge in [0.15, 0.2) is 0 Å². The van der Waals surface area contributed by atoms with E-state index < -0.39 is 5.60 Å². The number of amides is 1. The third-order valence-corrected chi connectivity index (χ3v) is 5.20. The topological polar surface area (TPSA) is 49.3 Å². The molecule has 1 unspecified atom stereocenters. The van der Waals surface area contributed by atoms with Crippen LogP contribution in [0.25, 0.3) is 10.1 Å². The molecule has 23 heavy (non-hydrogen) atoms. The van der Waals surface area contributed by atoms with Crippen molar-refractivity contribution in [2.75, 3.05) is 6.54 Å². The normalized spacial score (nSPS) is 13.7. The molecule has 0 radical (unpaired) electrons. The average Bonchev–Trinajstić information content (AvgIpc) is 2.97. The Morgan fingerprint density at radius 1 is 1.17 bits per heavy atom. The molecule has 0 spiro atoms. The molecule has 0 fully saturated rings. The number of rotatable bonds is 4. The molecule has 0 saturated carbocycles. The highest BCUT2D eigenvalue weighted by atomic mass is 32.1. The summed E-state index contributed by atoms with van der Waals surface area (Å²) in [5.74, 6) is -0.171. The molecule has 3 aromatic rings. The van der Waals surface area contributed by atoms with Gasteiger partial charge in [-0.05, 0) is 43.5 Å². The number of hydrogen-bond acceptors (Lipinski definition) is 3. The standard InChI is InChI=1S/C19H19NO2S/c1-13-6-5-8-15(10-13)18(21)20-12-19(2,22)17-11-14-7-3-4-9-16(14)23-17/h3-11,22H,12H2,1-2H3,(H,20,21). The van der Waals surface area contributed by atoms with Crippen LogP contribution in [0.3, 0.4) is 0 Å². The fourth-order valence-corrected chi connectivity index (χ4v) is 3.58. The molecule has 2 N–H and O–H groups in total. The van der Waals surface area contributed by atoms with Crippen molar-refractivity contribution in [2.24, 2.45) is 0 Å². The lowest BCUT2D eigenvalue weighted by Gasteiger charge is -2.22. The van der Waals surface area contributed by atoms with E-state index in [1.54, 1.807) is 24.3 Å². The van der Waals surface area contributed by atoms with Crippen molar-refractivity contribution in [3.63, 3.8) is 0 Å². The van der Waals surface area contributed by atoms with Crippen molar-refractivity contribution in [3.05, 3.63) is 70.6 Å². The van der Waals surface area contributed by atoms with Crippen LogP contribution >= 0.6 is 11.3 Å². The maximum absolute atomic E-state index is 12.2. The van der Waals surface area contributed by atoms with Gasteiger partial charge in [-0.25, -0.2) is 0 Å². The summed E-state index contributed by atoms with van der Waals surface area (Å²) < 4.78 is 1.13. The van der Waals surface area contributed by atoms with E-state index in [1.165, 1.54) is 0 Å². The van der Waals surface area contributed by atoms with E-state index in [0.29, 0.717) is 5.56 Å². The Bertz CT molecular complexity index is 818. The molecule has 1 aromatic heterocycles. The molecular weight excluding hydrogens is 306 g/mol. The molecule has 1 amide bonds. The summed E-state index contributed by atoms with van der Waals surface area (Å²) in [6.07, 6.45) is 0. The second-order valence-corrected chi connectivity index (χ2v) is 7.06. The molecule has 0 bridgehead atoms. The first kappa shape index (κ1) is 15.7. The van der Waals surface area contributed by atoms with Crippen molar-refractivity contribution < 1.29 is 9.90 Å². The number of carbonyl (C=O) groups excluding carboxylic acids is 1. The van der Waals surface area contributed by atoms with Crippen LogP contribution in [0.15, 0.2) is 54.6 Å². The Morgan fingerprint density at radius 2 is 1.96 bits per heavy atom. The number of benzene rings is 2. The Hall–Kier alpha value is -2.17. The summed E-state index contributed by atoms with van der Waals surface area (Å²) in [6.45, 7) is 3.85. The van der Waals surface area contributed by atoms with E-state index in [4.69, 9.17) is 0 Å². The van der Waals surface area contributed by atoms with E-state index in [0.717, 1.165) is 20.5 Å². The fraction of sp³-hybridized carbons (Fsp3) is 0.211. The molecule has 3 rings (SSSR count). The lowest BCUT2D eigenvalue weighted by Crippen LogP contribution is -2.38. The van der Waals surface area contributed by atoms with Crippen LogP contribution in [-0.4, -0.2) is 17.6 Å². The largest absolute Gasteiger partial charge is 0.383 e. The van der Waals surface area contributed by atoms with Crippen LogP contribution in [0.2, 0.25) is 0 Å². The Balaban J connectivity index is 1.74. The quantitative estimate of drug-likeness (QED) is 0.765. The number of aliphatic hydroxyl groups is 1. The van der Waals surface area contributed by atoms with Gasteiger partial charge in [-0.2, -0.15) is 0 Å². The minimum Gasteiger partial charge on any atom is -0.383 e. The van der Waals surface area contributed by atoms with Crippen LogP contribution in [0.1, 0.15) is 27.7 Å². The summed E-state index contributed by atoms with van der Waals surface area (Å²) in [5.41, 5.74) is 0.550. The van der Waals surface area contributed by atoms with E-state index in [9.17, 15) is 9.90 Å². The number of thiophene rings is 1. The van der Waals surface area contributed by atoms with E-state index >= 15 is 0 Å². The zero-order valence-corrected chi connectivity index (χ0v) is 14.0. The van der Waals surface area contributed by atoms with Gasteiger partial charge in [-0.3, -0.25) is 4.79 Å². The third-order valence-electron chi connectivity index (χ3n) is 3.83. The minimum atomic E-state index is -1.09. The summed E-state index contributed by atoms with van der Waals surface area (Å²) in [7, 11) is 0. The average molecular weight is 325 g/mol. The number of hydrogen-bond donors (Lipinski definition) is 2. The molecule has 0 aliphatic rings. The molecule has 118 valence electrons. The zero-order chi connectivity index (χ0) is 16.4. The highest BCUT2D eigenvalue weighted by molar-refractivity contribution is 7.19. The van der Waals surface area contributed by atoms with Crippen LogP contribution < -0.4 is 5.32 Å². The predicted molar refractivity (Wildman–Crippen MR) is 94.9 cm³/mol. The van der Waals surface area contributed by atoms with Gasteiger partial charge in [0.25, 0.3) is 5.91 Å². The van der Waals surface area contributed by atoms with Gasteiger partial charge in [0, 0.05) is 15.1 Å². The lowest BCUT2D eigenvalue weighted by molar-refractivity contribution is 0.0557. The van der Waals surface area contributed by atoms with Crippen molar-refractivity contribution in [2.45, 2.75) is 19.4 Å². The van der Waals surface area contributed by atoms with Gasteiger partial charge >= 0.3 is 0 Å². The first-order valence-electron chi connectivity index (χ1n) is 7.52. The highest BCUT2D eigenvalue weighted by Crippen LogP contribution is 2.32. The molecule has 3 nitrogen and oxygen atoms in total. The zero-order valence-electron chi connectivity index (χ0n) is 13.2. The van der Waals surface area contributed by atoms with Crippen LogP contribution in [0.5, 0.6) is 0 Å². The molecule has 1 heterocycles. The monoisotopic (exact) mass is 325 g/mol. The van der Waals surface area contributed by atoms with Gasteiger partial charge in [0.05, 0.1) is 6.54 Å². The first-order valence-corrected chi connectivity index (χ1v) is 8.34. The minimum absolute atomic E-state index is 0.171. The number of fused-ring (bicyclic) bond motifs is 1. The molecule has 4 heteroatoms. The maximum atomic E-state index is 12.2. The van der Waals surface area contributed by atoms with Crippen LogP contribution in [-0.2, 0) is 5.60 Å². The van der Waals surface area contributed by atoms with Gasteiger partial charge in [0.1, 0.15) is 5.60 Å². The van der Waals surface area contributed by atoms with E-state index in [-0.39, 0.29) is 12.5 Å². The number of nitrogens with one attached hydrogen (secondary N) is 1. The molecule has 0 aliphatic heterocycles. The third kappa shape index (κ3) is 3.44. The fourth-order valence-electron chi connectivity index (χ4n) is 2.48. The van der Waals surface area contributed by atoms with Gasteiger partial charge in [-0.15, -0.1) is 11.3 Å². The van der Waals surface area contributed by atoms with Crippen molar-refractivity contribution >= 4 is 27.3 Å². The second kappa shape index (κ2) is 6.14. The van der Waals surface area contributed by atoms with Crippen LogP contribution in [0.4, 0.5) is 0 Å². The molecule has 2 aromatic carbocycles. The van der Waals surface area contributed by atoms with Gasteiger partial charge in [0.2, 0.25) is 0 Å². The summed E-state index contributed by atoms with van der Waals surface area (Å²) in [5, 5.41) is 14.7. The van der Waals surface area contributed by atoms with Gasteiger partial charge in [-0.1, -0.05) is 35.9 Å². The predicted octanol–water partition coefficient (Wildman–Crippen LogP) is 3.85. The molecule has 0 saturated heterocycles. The Kier molecular flexibility index (Phi) is 4.20. The van der Waals surface area contributed by atoms with Crippen molar-refractivity contribution in [3.8, 4) is 0 Å². The SMILES string of the molecule is Cc1cccc(C(=O)NCC(C)(O)c2cc3ccccc3s2)c1. The highest BCUT2D eigenvalue weighted by Gasteiger charge is 2.26. The Labute approximate surface area is 139 Å². The van der Waals surface area contributed by atoms with Crippen LogP contribution in [0, 0.1) is 6.92 Å². The molecule has 1 atom stereocenters. The lowest BCUT2D eigenvalue weighted by atomic mass is 10.0. The molecular formula is C19H19NO2S. The smallest absolute Gasteiger partial charge is 0.251 e. The van der Waals surface area contributed by atoms with Gasteiger partial charge < -0.3 is 10.4 Å². The summed E-state index contributed by atoms with van der Waals surface area (Å²) in [6, 6.07) is 17.4. The first-order chi connectivity index (χ1) is 11.0. The summed E-state index contributed by atoms with van der Waals surface area (Å²) >= 11 is 1.55. The maximum Gasteiger partial charge on any atom is 0.251 e. The molecule has 0 aliphatic carbocycles. The number of aryl methyl sites for hydroxylation is 1. The van der Waals surface area contributed by atoms with Crippen molar-refractivity contribution in [1.82, 2.24) is 5.32 Å².